The quantitative estimate of drug-likeness (QED) is 0.745. The minimum absolute atomic E-state index is 0.154. The van der Waals surface area contributed by atoms with E-state index >= 15 is 0 Å². The zero-order chi connectivity index (χ0) is 21.2. The molecule has 1 amide bonds. The lowest BCUT2D eigenvalue weighted by atomic mass is 10.0. The molecule has 2 fully saturated rings. The van der Waals surface area contributed by atoms with Gasteiger partial charge in [0.25, 0.3) is 5.91 Å². The van der Waals surface area contributed by atoms with Crippen LogP contribution in [0.3, 0.4) is 0 Å². The maximum atomic E-state index is 13.2. The van der Waals surface area contributed by atoms with Crippen molar-refractivity contribution in [1.29, 1.82) is 0 Å². The summed E-state index contributed by atoms with van der Waals surface area (Å²) in [4.78, 5) is 17.8. The molecule has 2 aromatic carbocycles. The van der Waals surface area contributed by atoms with Crippen molar-refractivity contribution in [1.82, 2.24) is 10.2 Å². The van der Waals surface area contributed by atoms with E-state index < -0.39 is 0 Å². The first-order chi connectivity index (χ1) is 15.2. The Labute approximate surface area is 184 Å². The molecule has 0 bridgehead atoms. The molecule has 1 aliphatic carbocycles. The fourth-order valence-corrected chi connectivity index (χ4v) is 4.79. The van der Waals surface area contributed by atoms with Gasteiger partial charge in [0.05, 0.1) is 13.7 Å². The predicted octanol–water partition coefficient (Wildman–Crippen LogP) is 2.78. The average Bonchev–Trinajstić information content (AvgIpc) is 3.61. The molecule has 3 aliphatic rings. The van der Waals surface area contributed by atoms with Gasteiger partial charge >= 0.3 is 0 Å². The molecular formula is C25H31N3O3. The monoisotopic (exact) mass is 421 g/mol. The van der Waals surface area contributed by atoms with Crippen LogP contribution in [-0.4, -0.2) is 62.8 Å². The lowest BCUT2D eigenvalue weighted by Crippen LogP contribution is -2.51. The predicted molar refractivity (Wildman–Crippen MR) is 121 cm³/mol. The SMILES string of the molecule is COc1ccc(CN2CC(CN(C(=O)C3CNCCO3)C3CC3)c3ccccc32)cc1. The van der Waals surface area contributed by atoms with Crippen LogP contribution in [0.5, 0.6) is 5.75 Å². The Morgan fingerprint density at radius 2 is 2.00 bits per heavy atom. The number of benzene rings is 2. The molecule has 2 aromatic rings. The minimum Gasteiger partial charge on any atom is -0.497 e. The molecule has 6 nitrogen and oxygen atoms in total. The van der Waals surface area contributed by atoms with E-state index in [0.29, 0.717) is 25.1 Å². The van der Waals surface area contributed by atoms with Crippen LogP contribution in [0.2, 0.25) is 0 Å². The van der Waals surface area contributed by atoms with Crippen molar-refractivity contribution in [2.45, 2.75) is 37.5 Å². The molecule has 31 heavy (non-hydrogen) atoms. The Kier molecular flexibility index (Phi) is 5.83. The summed E-state index contributed by atoms with van der Waals surface area (Å²) in [5.74, 6) is 1.35. The van der Waals surface area contributed by atoms with Crippen LogP contribution in [0, 0.1) is 0 Å². The number of carbonyl (C=O) groups is 1. The van der Waals surface area contributed by atoms with E-state index in [1.807, 2.05) is 12.1 Å². The summed E-state index contributed by atoms with van der Waals surface area (Å²) >= 11 is 0. The maximum Gasteiger partial charge on any atom is 0.253 e. The number of ether oxygens (including phenoxy) is 2. The van der Waals surface area contributed by atoms with Gasteiger partial charge in [-0.1, -0.05) is 30.3 Å². The number of hydrogen-bond donors (Lipinski definition) is 1. The smallest absolute Gasteiger partial charge is 0.253 e. The molecule has 1 N–H and O–H groups in total. The maximum absolute atomic E-state index is 13.2. The van der Waals surface area contributed by atoms with Crippen molar-refractivity contribution < 1.29 is 14.3 Å². The summed E-state index contributed by atoms with van der Waals surface area (Å²) in [6.07, 6.45) is 1.87. The molecule has 5 rings (SSSR count). The molecule has 164 valence electrons. The van der Waals surface area contributed by atoms with Gasteiger partial charge in [0.15, 0.2) is 0 Å². The molecule has 2 atom stereocenters. The molecule has 2 unspecified atom stereocenters. The zero-order valence-electron chi connectivity index (χ0n) is 18.1. The third-order valence-corrected chi connectivity index (χ3v) is 6.58. The lowest BCUT2D eigenvalue weighted by molar-refractivity contribution is -0.146. The number of methoxy groups -OCH3 is 1. The highest BCUT2D eigenvalue weighted by Crippen LogP contribution is 2.39. The third kappa shape index (κ3) is 4.41. The Balaban J connectivity index is 1.32. The van der Waals surface area contributed by atoms with Crippen LogP contribution < -0.4 is 15.0 Å². The topological polar surface area (TPSA) is 54.0 Å². The summed E-state index contributed by atoms with van der Waals surface area (Å²) in [6.45, 7) is 4.59. The summed E-state index contributed by atoms with van der Waals surface area (Å²) in [6, 6.07) is 17.3. The van der Waals surface area contributed by atoms with Crippen molar-refractivity contribution in [2.24, 2.45) is 0 Å². The highest BCUT2D eigenvalue weighted by Gasteiger charge is 2.40. The molecule has 0 radical (unpaired) electrons. The Morgan fingerprint density at radius 1 is 1.19 bits per heavy atom. The van der Waals surface area contributed by atoms with Crippen molar-refractivity contribution in [3.8, 4) is 5.75 Å². The number of para-hydroxylation sites is 1. The highest BCUT2D eigenvalue weighted by molar-refractivity contribution is 5.82. The number of nitrogens with one attached hydrogen (secondary N) is 1. The molecule has 2 aliphatic heterocycles. The molecule has 6 heteroatoms. The first-order valence-corrected chi connectivity index (χ1v) is 11.3. The van der Waals surface area contributed by atoms with Gasteiger partial charge in [-0.2, -0.15) is 0 Å². The number of rotatable bonds is 7. The molecule has 1 saturated carbocycles. The molecular weight excluding hydrogens is 390 g/mol. The molecule has 0 aromatic heterocycles. The van der Waals surface area contributed by atoms with Crippen LogP contribution in [-0.2, 0) is 16.1 Å². The summed E-state index contributed by atoms with van der Waals surface area (Å²) in [7, 11) is 1.69. The standard InChI is InChI=1S/C25H31N3O3/c1-30-21-10-6-18(7-11-21)15-27-16-19(22-4-2-3-5-23(22)27)17-28(20-8-9-20)25(29)24-14-26-12-13-31-24/h2-7,10-11,19-20,24,26H,8-9,12-17H2,1H3. The van der Waals surface area contributed by atoms with E-state index in [4.69, 9.17) is 9.47 Å². The second-order valence-corrected chi connectivity index (χ2v) is 8.77. The number of carbonyl (C=O) groups excluding carboxylic acids is 1. The van der Waals surface area contributed by atoms with Crippen molar-refractivity contribution in [3.05, 3.63) is 59.7 Å². The van der Waals surface area contributed by atoms with Crippen LogP contribution in [0.25, 0.3) is 0 Å². The van der Waals surface area contributed by atoms with Crippen molar-refractivity contribution in [3.63, 3.8) is 0 Å². The second-order valence-electron chi connectivity index (χ2n) is 8.77. The van der Waals surface area contributed by atoms with Crippen molar-refractivity contribution in [2.75, 3.05) is 44.8 Å². The summed E-state index contributed by atoms with van der Waals surface area (Å²) in [5.41, 5.74) is 3.88. The van der Waals surface area contributed by atoms with Gasteiger partial charge in [0, 0.05) is 50.4 Å². The molecule has 0 spiro atoms. The number of hydrogen-bond acceptors (Lipinski definition) is 5. The van der Waals surface area contributed by atoms with Crippen LogP contribution in [0.1, 0.15) is 29.9 Å². The van der Waals surface area contributed by atoms with Gasteiger partial charge < -0.3 is 24.6 Å². The van der Waals surface area contributed by atoms with E-state index in [9.17, 15) is 4.79 Å². The van der Waals surface area contributed by atoms with Crippen LogP contribution >= 0.6 is 0 Å². The Morgan fingerprint density at radius 3 is 2.71 bits per heavy atom. The first kappa shape index (κ1) is 20.3. The fraction of sp³-hybridized carbons (Fsp3) is 0.480. The number of fused-ring (bicyclic) bond motifs is 1. The Bertz CT molecular complexity index is 906. The number of amides is 1. The van der Waals surface area contributed by atoms with E-state index in [1.165, 1.54) is 16.8 Å². The number of morpholine rings is 1. The van der Waals surface area contributed by atoms with Gasteiger partial charge in [0.1, 0.15) is 11.9 Å². The number of nitrogens with zero attached hydrogens (tertiary/aromatic N) is 2. The average molecular weight is 422 g/mol. The van der Waals surface area contributed by atoms with Crippen molar-refractivity contribution >= 4 is 11.6 Å². The van der Waals surface area contributed by atoms with Crippen LogP contribution in [0.4, 0.5) is 5.69 Å². The second kappa shape index (κ2) is 8.89. The zero-order valence-corrected chi connectivity index (χ0v) is 18.1. The van der Waals surface area contributed by atoms with Crippen LogP contribution in [0.15, 0.2) is 48.5 Å². The van der Waals surface area contributed by atoms with E-state index in [0.717, 1.165) is 44.8 Å². The normalized spacial score (nSPS) is 22.8. The fourth-order valence-electron chi connectivity index (χ4n) is 4.79. The molecule has 2 heterocycles. The van der Waals surface area contributed by atoms with Gasteiger partial charge in [-0.3, -0.25) is 4.79 Å². The van der Waals surface area contributed by atoms with E-state index in [2.05, 4.69) is 51.5 Å². The molecule has 1 saturated heterocycles. The third-order valence-electron chi connectivity index (χ3n) is 6.58. The van der Waals surface area contributed by atoms with E-state index in [-0.39, 0.29) is 12.0 Å². The summed E-state index contributed by atoms with van der Waals surface area (Å²) < 4.78 is 11.1. The highest BCUT2D eigenvalue weighted by atomic mass is 16.5. The van der Waals surface area contributed by atoms with E-state index in [1.54, 1.807) is 7.11 Å². The summed E-state index contributed by atoms with van der Waals surface area (Å²) in [5, 5.41) is 3.29. The Hall–Kier alpha value is -2.57. The largest absolute Gasteiger partial charge is 0.497 e. The van der Waals surface area contributed by atoms with Gasteiger partial charge in [-0.15, -0.1) is 0 Å². The van der Waals surface area contributed by atoms with Gasteiger partial charge in [0.2, 0.25) is 0 Å². The van der Waals surface area contributed by atoms with Gasteiger partial charge in [-0.25, -0.2) is 0 Å². The minimum atomic E-state index is -0.346. The van der Waals surface area contributed by atoms with Gasteiger partial charge in [-0.05, 0) is 42.2 Å². The first-order valence-electron chi connectivity index (χ1n) is 11.3. The number of anilines is 1. The lowest BCUT2D eigenvalue weighted by Gasteiger charge is -2.32.